The Morgan fingerprint density at radius 1 is 1.17 bits per heavy atom. The van der Waals surface area contributed by atoms with Crippen molar-refractivity contribution in [1.82, 2.24) is 9.62 Å². The number of nitrogens with zero attached hydrogens (tertiary/aromatic N) is 1. The van der Waals surface area contributed by atoms with Gasteiger partial charge in [0.25, 0.3) is 0 Å². The summed E-state index contributed by atoms with van der Waals surface area (Å²) in [5.74, 6) is 1.34. The summed E-state index contributed by atoms with van der Waals surface area (Å²) >= 11 is 0. The van der Waals surface area contributed by atoms with Crippen LogP contribution in [0.3, 0.4) is 0 Å². The van der Waals surface area contributed by atoms with Gasteiger partial charge in [-0.3, -0.25) is 4.79 Å². The summed E-state index contributed by atoms with van der Waals surface area (Å²) in [5, 5.41) is 3.15. The van der Waals surface area contributed by atoms with Gasteiger partial charge in [0.2, 0.25) is 22.7 Å². The van der Waals surface area contributed by atoms with Crippen LogP contribution in [0.4, 0.5) is 0 Å². The maximum Gasteiger partial charge on any atom is 0.231 e. The fourth-order valence-electron chi connectivity index (χ4n) is 4.41. The number of amides is 1. The zero-order valence-corrected chi connectivity index (χ0v) is 17.5. The van der Waals surface area contributed by atoms with Crippen LogP contribution in [-0.4, -0.2) is 64.5 Å². The summed E-state index contributed by atoms with van der Waals surface area (Å²) in [6.45, 7) is 2.86. The lowest BCUT2D eigenvalue weighted by atomic mass is 9.74. The van der Waals surface area contributed by atoms with E-state index in [1.807, 2.05) is 12.1 Å². The Morgan fingerprint density at radius 2 is 1.86 bits per heavy atom. The lowest BCUT2D eigenvalue weighted by molar-refractivity contribution is -0.126. The Hall–Kier alpha value is -1.84. The van der Waals surface area contributed by atoms with Crippen molar-refractivity contribution in [3.8, 4) is 11.5 Å². The van der Waals surface area contributed by atoms with Crippen LogP contribution in [-0.2, 0) is 25.0 Å². The third-order valence-electron chi connectivity index (χ3n) is 6.33. The molecule has 1 amide bonds. The van der Waals surface area contributed by atoms with Gasteiger partial charge in [0.15, 0.2) is 11.5 Å². The Bertz CT molecular complexity index is 858. The van der Waals surface area contributed by atoms with Crippen molar-refractivity contribution in [2.24, 2.45) is 5.92 Å². The van der Waals surface area contributed by atoms with Crippen LogP contribution in [0.15, 0.2) is 18.2 Å². The minimum atomic E-state index is -3.19. The van der Waals surface area contributed by atoms with Crippen LogP contribution in [0, 0.1) is 5.92 Å². The van der Waals surface area contributed by atoms with Crippen LogP contribution in [0.25, 0.3) is 0 Å². The van der Waals surface area contributed by atoms with Crippen LogP contribution in [0.1, 0.15) is 31.2 Å². The summed E-state index contributed by atoms with van der Waals surface area (Å²) in [4.78, 5) is 12.8. The molecule has 1 N–H and O–H groups in total. The minimum absolute atomic E-state index is 0.00441. The van der Waals surface area contributed by atoms with E-state index in [0.29, 0.717) is 45.7 Å². The average molecular weight is 425 g/mol. The fourth-order valence-corrected chi connectivity index (χ4v) is 5.28. The van der Waals surface area contributed by atoms with Crippen molar-refractivity contribution in [3.63, 3.8) is 0 Å². The van der Waals surface area contributed by atoms with Crippen LogP contribution in [0.2, 0.25) is 0 Å². The predicted octanol–water partition coefficient (Wildman–Crippen LogP) is 1.25. The second-order valence-electron chi connectivity index (χ2n) is 8.11. The van der Waals surface area contributed by atoms with Crippen LogP contribution >= 0.6 is 0 Å². The molecule has 3 aliphatic rings. The zero-order valence-electron chi connectivity index (χ0n) is 16.7. The topological polar surface area (TPSA) is 94.2 Å². The smallest absolute Gasteiger partial charge is 0.231 e. The number of carbonyl (C=O) groups is 1. The first-order chi connectivity index (χ1) is 13.9. The Morgan fingerprint density at radius 3 is 2.55 bits per heavy atom. The quantitative estimate of drug-likeness (QED) is 0.765. The first-order valence-electron chi connectivity index (χ1n) is 10.1. The molecule has 29 heavy (non-hydrogen) atoms. The number of rotatable bonds is 5. The van der Waals surface area contributed by atoms with Gasteiger partial charge >= 0.3 is 0 Å². The molecule has 0 unspecified atom stereocenters. The maximum absolute atomic E-state index is 12.8. The van der Waals surface area contributed by atoms with Gasteiger partial charge in [0, 0.05) is 44.2 Å². The van der Waals surface area contributed by atoms with E-state index in [2.05, 4.69) is 11.4 Å². The van der Waals surface area contributed by atoms with Crippen molar-refractivity contribution in [1.29, 1.82) is 0 Å². The monoisotopic (exact) mass is 424 g/mol. The Balaban J connectivity index is 1.42. The van der Waals surface area contributed by atoms with Gasteiger partial charge < -0.3 is 19.5 Å². The van der Waals surface area contributed by atoms with E-state index in [0.717, 1.165) is 29.9 Å². The number of ether oxygens (including phenoxy) is 3. The molecule has 0 radical (unpaired) electrons. The van der Waals surface area contributed by atoms with E-state index in [9.17, 15) is 13.2 Å². The number of sulfonamides is 1. The van der Waals surface area contributed by atoms with Gasteiger partial charge in [0.1, 0.15) is 0 Å². The van der Waals surface area contributed by atoms with Gasteiger partial charge in [-0.15, -0.1) is 0 Å². The molecule has 9 heteroatoms. The van der Waals surface area contributed by atoms with E-state index < -0.39 is 10.0 Å². The normalized spacial score (nSPS) is 22.4. The first kappa shape index (κ1) is 20.4. The highest BCUT2D eigenvalue weighted by molar-refractivity contribution is 7.88. The van der Waals surface area contributed by atoms with Crippen molar-refractivity contribution in [3.05, 3.63) is 23.8 Å². The molecule has 1 aromatic carbocycles. The van der Waals surface area contributed by atoms with E-state index in [4.69, 9.17) is 14.2 Å². The highest BCUT2D eigenvalue weighted by Crippen LogP contribution is 2.40. The van der Waals surface area contributed by atoms with E-state index >= 15 is 0 Å². The molecular formula is C20H28N2O6S. The Kier molecular flexibility index (Phi) is 5.72. The number of fused-ring (bicyclic) bond motifs is 1. The number of piperidine rings is 1. The summed E-state index contributed by atoms with van der Waals surface area (Å²) in [5.41, 5.74) is 0.916. The molecular weight excluding hydrogens is 396 g/mol. The zero-order chi connectivity index (χ0) is 20.5. The lowest BCUT2D eigenvalue weighted by Gasteiger charge is -2.38. The molecule has 0 aliphatic carbocycles. The number of benzene rings is 1. The molecule has 3 aliphatic heterocycles. The molecule has 0 aromatic heterocycles. The van der Waals surface area contributed by atoms with Gasteiger partial charge in [0.05, 0.1) is 6.26 Å². The maximum atomic E-state index is 12.8. The van der Waals surface area contributed by atoms with Crippen LogP contribution < -0.4 is 14.8 Å². The second-order valence-corrected chi connectivity index (χ2v) is 10.1. The lowest BCUT2D eigenvalue weighted by Crippen LogP contribution is -2.48. The molecule has 2 saturated heterocycles. The SMILES string of the molecule is CS(=O)(=O)N1CCC(C(=O)NCC2(c3ccc4c(c3)OCO4)CCOCC2)CC1. The molecule has 1 aromatic rings. The largest absolute Gasteiger partial charge is 0.454 e. The van der Waals surface area contributed by atoms with Gasteiger partial charge in [-0.1, -0.05) is 6.07 Å². The highest BCUT2D eigenvalue weighted by Gasteiger charge is 2.37. The van der Waals surface area contributed by atoms with Gasteiger partial charge in [-0.25, -0.2) is 12.7 Å². The van der Waals surface area contributed by atoms with Gasteiger partial charge in [-0.2, -0.15) is 0 Å². The van der Waals surface area contributed by atoms with E-state index in [1.165, 1.54) is 10.6 Å². The third kappa shape index (κ3) is 4.36. The summed E-state index contributed by atoms with van der Waals surface area (Å²) in [6, 6.07) is 6.00. The first-order valence-corrected chi connectivity index (χ1v) is 11.9. The number of hydrogen-bond donors (Lipinski definition) is 1. The molecule has 0 saturated carbocycles. The summed E-state index contributed by atoms with van der Waals surface area (Å²) in [6.07, 6.45) is 3.96. The van der Waals surface area contributed by atoms with Crippen molar-refractivity contribution in [2.45, 2.75) is 31.1 Å². The van der Waals surface area contributed by atoms with Crippen molar-refractivity contribution < 1.29 is 27.4 Å². The van der Waals surface area contributed by atoms with Crippen LogP contribution in [0.5, 0.6) is 11.5 Å². The molecule has 3 heterocycles. The minimum Gasteiger partial charge on any atom is -0.454 e. The molecule has 0 atom stereocenters. The van der Waals surface area contributed by atoms with Gasteiger partial charge in [-0.05, 0) is 43.4 Å². The fraction of sp³-hybridized carbons (Fsp3) is 0.650. The molecule has 0 spiro atoms. The molecule has 4 rings (SSSR count). The summed E-state index contributed by atoms with van der Waals surface area (Å²) in [7, 11) is -3.19. The molecule has 0 bridgehead atoms. The molecule has 8 nitrogen and oxygen atoms in total. The Labute approximate surface area is 171 Å². The van der Waals surface area contributed by atoms with Crippen molar-refractivity contribution in [2.75, 3.05) is 45.9 Å². The van der Waals surface area contributed by atoms with E-state index in [-0.39, 0.29) is 24.0 Å². The third-order valence-corrected chi connectivity index (χ3v) is 7.63. The number of carbonyl (C=O) groups excluding carboxylic acids is 1. The highest BCUT2D eigenvalue weighted by atomic mass is 32.2. The molecule has 2 fully saturated rings. The number of hydrogen-bond acceptors (Lipinski definition) is 6. The standard InChI is InChI=1S/C20H28N2O6S/c1-29(24,25)22-8-4-15(5-9-22)19(23)21-13-20(6-10-26-11-7-20)16-2-3-17-18(12-16)28-14-27-17/h2-3,12,15H,4-11,13-14H2,1H3,(H,21,23). The summed E-state index contributed by atoms with van der Waals surface area (Å²) < 4.78 is 41.3. The van der Waals surface area contributed by atoms with Crippen molar-refractivity contribution >= 4 is 15.9 Å². The molecule has 160 valence electrons. The van der Waals surface area contributed by atoms with E-state index in [1.54, 1.807) is 0 Å². The second kappa shape index (κ2) is 8.12. The average Bonchev–Trinajstić information content (AvgIpc) is 3.20. The predicted molar refractivity (Wildman–Crippen MR) is 106 cm³/mol. The number of nitrogens with one attached hydrogen (secondary N) is 1.